The molecule has 0 unspecified atom stereocenters. The van der Waals surface area contributed by atoms with Crippen LogP contribution >= 0.6 is 23.6 Å². The summed E-state index contributed by atoms with van der Waals surface area (Å²) in [5.41, 5.74) is 3.15. The van der Waals surface area contributed by atoms with Crippen molar-refractivity contribution in [2.45, 2.75) is 38.6 Å². The van der Waals surface area contributed by atoms with Gasteiger partial charge in [-0.15, -0.1) is 11.3 Å². The van der Waals surface area contributed by atoms with Crippen LogP contribution in [0.2, 0.25) is 0 Å². The molecule has 21 heavy (non-hydrogen) atoms. The van der Waals surface area contributed by atoms with Crippen LogP contribution in [0.1, 0.15) is 30.7 Å². The molecular weight excluding hydrogens is 298 g/mol. The molecule has 3 rings (SSSR count). The van der Waals surface area contributed by atoms with Crippen molar-refractivity contribution in [1.29, 1.82) is 0 Å². The highest BCUT2D eigenvalue weighted by Crippen LogP contribution is 2.24. The second-order valence-electron chi connectivity index (χ2n) is 5.41. The molecule has 2 aromatic rings. The molecule has 0 saturated heterocycles. The zero-order chi connectivity index (χ0) is 14.7. The molecule has 0 amide bonds. The summed E-state index contributed by atoms with van der Waals surface area (Å²) in [5.74, 6) is 0. The molecule has 1 aromatic heterocycles. The number of hydrogen-bond acceptors (Lipinski definition) is 3. The van der Waals surface area contributed by atoms with E-state index in [-0.39, 0.29) is 0 Å². The molecule has 0 radical (unpaired) electrons. The highest BCUT2D eigenvalue weighted by molar-refractivity contribution is 7.80. The summed E-state index contributed by atoms with van der Waals surface area (Å²) in [7, 11) is 0. The molecule has 110 valence electrons. The first-order valence-electron chi connectivity index (χ1n) is 7.31. The lowest BCUT2D eigenvalue weighted by molar-refractivity contribution is 0.634. The van der Waals surface area contributed by atoms with Crippen molar-refractivity contribution >= 4 is 34.4 Å². The molecule has 1 aliphatic carbocycles. The van der Waals surface area contributed by atoms with Gasteiger partial charge in [-0.3, -0.25) is 0 Å². The van der Waals surface area contributed by atoms with E-state index in [1.54, 1.807) is 11.3 Å². The summed E-state index contributed by atoms with van der Waals surface area (Å²) >= 11 is 7.07. The SMILES string of the molecule is Cc1nc(-c2cccc(NC(=S)NC3CCCC3)c2)cs1. The van der Waals surface area contributed by atoms with Gasteiger partial charge in [0.2, 0.25) is 0 Å². The van der Waals surface area contributed by atoms with Crippen LogP contribution in [-0.2, 0) is 0 Å². The monoisotopic (exact) mass is 317 g/mol. The number of nitrogens with one attached hydrogen (secondary N) is 2. The molecular formula is C16H19N3S2. The van der Waals surface area contributed by atoms with Gasteiger partial charge in [-0.25, -0.2) is 4.98 Å². The average molecular weight is 317 g/mol. The van der Waals surface area contributed by atoms with Gasteiger partial charge in [0.1, 0.15) is 0 Å². The zero-order valence-corrected chi connectivity index (χ0v) is 13.7. The summed E-state index contributed by atoms with van der Waals surface area (Å²) < 4.78 is 0. The summed E-state index contributed by atoms with van der Waals surface area (Å²) in [6, 6.07) is 8.77. The van der Waals surface area contributed by atoms with E-state index in [0.717, 1.165) is 22.0 Å². The number of rotatable bonds is 3. The minimum absolute atomic E-state index is 0.536. The molecule has 1 heterocycles. The molecule has 0 spiro atoms. The average Bonchev–Trinajstić information content (AvgIpc) is 3.10. The summed E-state index contributed by atoms with van der Waals surface area (Å²) in [6.45, 7) is 2.02. The predicted octanol–water partition coefficient (Wildman–Crippen LogP) is 4.35. The van der Waals surface area contributed by atoms with Gasteiger partial charge in [0.15, 0.2) is 5.11 Å². The van der Waals surface area contributed by atoms with Gasteiger partial charge in [0.25, 0.3) is 0 Å². The van der Waals surface area contributed by atoms with Crippen LogP contribution in [-0.4, -0.2) is 16.1 Å². The lowest BCUT2D eigenvalue weighted by Crippen LogP contribution is -2.35. The van der Waals surface area contributed by atoms with Crippen molar-refractivity contribution in [2.24, 2.45) is 0 Å². The molecule has 0 bridgehead atoms. The summed E-state index contributed by atoms with van der Waals surface area (Å²) in [6.07, 6.45) is 5.05. The number of aromatic nitrogens is 1. The Bertz CT molecular complexity index is 630. The van der Waals surface area contributed by atoms with Gasteiger partial charge < -0.3 is 10.6 Å². The second kappa shape index (κ2) is 6.54. The molecule has 1 fully saturated rings. The molecule has 5 heteroatoms. The maximum absolute atomic E-state index is 5.40. The van der Waals surface area contributed by atoms with Crippen LogP contribution in [0.15, 0.2) is 29.6 Å². The van der Waals surface area contributed by atoms with Crippen molar-refractivity contribution in [1.82, 2.24) is 10.3 Å². The first-order chi connectivity index (χ1) is 10.2. The van der Waals surface area contributed by atoms with E-state index in [2.05, 4.69) is 33.1 Å². The fourth-order valence-corrected chi connectivity index (χ4v) is 3.58. The number of nitrogens with zero attached hydrogens (tertiary/aromatic N) is 1. The minimum Gasteiger partial charge on any atom is -0.360 e. The van der Waals surface area contributed by atoms with Crippen molar-refractivity contribution < 1.29 is 0 Å². The minimum atomic E-state index is 0.536. The third kappa shape index (κ3) is 3.80. The van der Waals surface area contributed by atoms with Crippen LogP contribution < -0.4 is 10.6 Å². The molecule has 1 saturated carbocycles. The zero-order valence-electron chi connectivity index (χ0n) is 12.1. The van der Waals surface area contributed by atoms with Crippen LogP contribution in [0.5, 0.6) is 0 Å². The van der Waals surface area contributed by atoms with Gasteiger partial charge in [-0.1, -0.05) is 25.0 Å². The molecule has 1 aromatic carbocycles. The molecule has 0 aliphatic heterocycles. The van der Waals surface area contributed by atoms with Gasteiger partial charge >= 0.3 is 0 Å². The van der Waals surface area contributed by atoms with Crippen LogP contribution in [0, 0.1) is 6.92 Å². The van der Waals surface area contributed by atoms with Crippen molar-refractivity contribution in [3.05, 3.63) is 34.7 Å². The number of hydrogen-bond donors (Lipinski definition) is 2. The number of aryl methyl sites for hydroxylation is 1. The van der Waals surface area contributed by atoms with E-state index < -0.39 is 0 Å². The Hall–Kier alpha value is -1.46. The standard InChI is InChI=1S/C16H19N3S2/c1-11-17-15(10-21-11)12-5-4-8-14(9-12)19-16(20)18-13-6-2-3-7-13/h4-5,8-10,13H,2-3,6-7H2,1H3,(H2,18,19,20). The van der Waals surface area contributed by atoms with Crippen molar-refractivity contribution in [3.8, 4) is 11.3 Å². The highest BCUT2D eigenvalue weighted by atomic mass is 32.1. The smallest absolute Gasteiger partial charge is 0.170 e. The normalized spacial score (nSPS) is 15.1. The topological polar surface area (TPSA) is 37.0 Å². The van der Waals surface area contributed by atoms with Crippen LogP contribution in [0.4, 0.5) is 5.69 Å². The fraction of sp³-hybridized carbons (Fsp3) is 0.375. The Labute approximate surface area is 134 Å². The third-order valence-corrected chi connectivity index (χ3v) is 4.72. The van der Waals surface area contributed by atoms with Gasteiger partial charge in [-0.2, -0.15) is 0 Å². The molecule has 3 nitrogen and oxygen atoms in total. The maximum atomic E-state index is 5.40. The summed E-state index contributed by atoms with van der Waals surface area (Å²) in [4.78, 5) is 4.53. The molecule has 0 atom stereocenters. The van der Waals surface area contributed by atoms with E-state index in [0.29, 0.717) is 11.2 Å². The lowest BCUT2D eigenvalue weighted by atomic mass is 10.1. The van der Waals surface area contributed by atoms with Crippen molar-refractivity contribution in [2.75, 3.05) is 5.32 Å². The first-order valence-corrected chi connectivity index (χ1v) is 8.59. The van der Waals surface area contributed by atoms with E-state index in [1.165, 1.54) is 25.7 Å². The largest absolute Gasteiger partial charge is 0.360 e. The Morgan fingerprint density at radius 3 is 2.86 bits per heavy atom. The van der Waals surface area contributed by atoms with Crippen molar-refractivity contribution in [3.63, 3.8) is 0 Å². The highest BCUT2D eigenvalue weighted by Gasteiger charge is 2.15. The van der Waals surface area contributed by atoms with Crippen LogP contribution in [0.3, 0.4) is 0 Å². The Kier molecular flexibility index (Phi) is 4.51. The molecule has 1 aliphatic rings. The first kappa shape index (κ1) is 14.5. The van der Waals surface area contributed by atoms with Gasteiger partial charge in [0, 0.05) is 22.7 Å². The number of anilines is 1. The van der Waals surface area contributed by atoms with E-state index in [1.807, 2.05) is 19.1 Å². The van der Waals surface area contributed by atoms with Gasteiger partial charge in [-0.05, 0) is 44.1 Å². The summed E-state index contributed by atoms with van der Waals surface area (Å²) in [5, 5.41) is 10.6. The maximum Gasteiger partial charge on any atom is 0.170 e. The third-order valence-electron chi connectivity index (χ3n) is 3.73. The lowest BCUT2D eigenvalue weighted by Gasteiger charge is -2.16. The Morgan fingerprint density at radius 2 is 2.14 bits per heavy atom. The fourth-order valence-electron chi connectivity index (χ4n) is 2.68. The number of benzene rings is 1. The van der Waals surface area contributed by atoms with Gasteiger partial charge in [0.05, 0.1) is 10.7 Å². The Morgan fingerprint density at radius 1 is 1.33 bits per heavy atom. The quantitative estimate of drug-likeness (QED) is 0.825. The Balaban J connectivity index is 1.66. The molecule has 2 N–H and O–H groups in total. The van der Waals surface area contributed by atoms with E-state index in [9.17, 15) is 0 Å². The number of thiazole rings is 1. The van der Waals surface area contributed by atoms with E-state index in [4.69, 9.17) is 12.2 Å². The second-order valence-corrected chi connectivity index (χ2v) is 6.88. The predicted molar refractivity (Wildman–Crippen MR) is 93.9 cm³/mol. The van der Waals surface area contributed by atoms with Crippen LogP contribution in [0.25, 0.3) is 11.3 Å². The number of thiocarbonyl (C=S) groups is 1. The van der Waals surface area contributed by atoms with E-state index >= 15 is 0 Å².